The molecule has 0 spiro atoms. The summed E-state index contributed by atoms with van der Waals surface area (Å²) < 4.78 is 0. The molecule has 0 atom stereocenters. The molecule has 0 radical (unpaired) electrons. The Hall–Kier alpha value is -3.66. The van der Waals surface area contributed by atoms with E-state index in [0.717, 1.165) is 10.4 Å². The first-order valence-electron chi connectivity index (χ1n) is 10.8. The maximum absolute atomic E-state index is 13.4. The number of nitrogens with one attached hydrogen (secondary N) is 2. The summed E-state index contributed by atoms with van der Waals surface area (Å²) in [7, 11) is 0. The van der Waals surface area contributed by atoms with Gasteiger partial charge in [-0.05, 0) is 38.1 Å². The second-order valence-corrected chi connectivity index (χ2v) is 9.00. The Morgan fingerprint density at radius 1 is 1.12 bits per heavy atom. The van der Waals surface area contributed by atoms with Gasteiger partial charge in [0.15, 0.2) is 5.13 Å². The number of thiazole rings is 1. The number of aromatic nitrogens is 2. The van der Waals surface area contributed by atoms with Gasteiger partial charge in [0.2, 0.25) is 0 Å². The number of pyridine rings is 1. The van der Waals surface area contributed by atoms with Crippen LogP contribution in [0.5, 0.6) is 0 Å². The highest BCUT2D eigenvalue weighted by molar-refractivity contribution is 7.15. The van der Waals surface area contributed by atoms with Gasteiger partial charge in [-0.3, -0.25) is 4.79 Å². The van der Waals surface area contributed by atoms with Crippen LogP contribution in [0.3, 0.4) is 0 Å². The molecule has 1 aromatic carbocycles. The molecule has 1 aliphatic heterocycles. The summed E-state index contributed by atoms with van der Waals surface area (Å²) in [6, 6.07) is 10.8. The summed E-state index contributed by atoms with van der Waals surface area (Å²) in [4.78, 5) is 39.1. The maximum atomic E-state index is 13.4. The van der Waals surface area contributed by atoms with Crippen molar-refractivity contribution in [2.45, 2.75) is 13.8 Å². The van der Waals surface area contributed by atoms with Gasteiger partial charge in [0.05, 0.1) is 5.69 Å². The first-order chi connectivity index (χ1) is 15.9. The van der Waals surface area contributed by atoms with Gasteiger partial charge in [-0.15, -0.1) is 11.3 Å². The van der Waals surface area contributed by atoms with Crippen molar-refractivity contribution in [2.75, 3.05) is 43.8 Å². The number of hydrogen-bond donors (Lipinski definition) is 3. The normalized spacial score (nSPS) is 13.6. The van der Waals surface area contributed by atoms with Crippen LogP contribution < -0.4 is 16.4 Å². The van der Waals surface area contributed by atoms with Crippen LogP contribution in [0.4, 0.5) is 21.4 Å². The molecule has 4 rings (SSSR count). The molecule has 4 N–H and O–H groups in total. The number of carbonyl (C=O) groups excluding carboxylic acids is 2. The fourth-order valence-electron chi connectivity index (χ4n) is 3.64. The lowest BCUT2D eigenvalue weighted by molar-refractivity contribution is 0.0665. The molecule has 9 nitrogen and oxygen atoms in total. The van der Waals surface area contributed by atoms with Gasteiger partial charge in [-0.25, -0.2) is 14.8 Å². The van der Waals surface area contributed by atoms with E-state index in [1.54, 1.807) is 28.1 Å². The highest BCUT2D eigenvalue weighted by Gasteiger charge is 2.25. The van der Waals surface area contributed by atoms with Crippen LogP contribution in [-0.2, 0) is 0 Å². The summed E-state index contributed by atoms with van der Waals surface area (Å²) in [5.41, 5.74) is 8.58. The first kappa shape index (κ1) is 22.5. The first-order valence-corrected chi connectivity index (χ1v) is 11.6. The molecule has 1 fully saturated rings. The predicted molar refractivity (Wildman–Crippen MR) is 131 cm³/mol. The molecule has 2 aromatic heterocycles. The van der Waals surface area contributed by atoms with Crippen molar-refractivity contribution in [2.24, 2.45) is 0 Å². The van der Waals surface area contributed by atoms with E-state index in [-0.39, 0.29) is 11.9 Å². The zero-order valence-corrected chi connectivity index (χ0v) is 19.5. The summed E-state index contributed by atoms with van der Waals surface area (Å²) in [6.07, 6.45) is 1.79. The maximum Gasteiger partial charge on any atom is 0.317 e. The molecule has 0 bridgehead atoms. The van der Waals surface area contributed by atoms with E-state index in [9.17, 15) is 9.59 Å². The molecule has 0 aliphatic carbocycles. The zero-order valence-electron chi connectivity index (χ0n) is 18.7. The van der Waals surface area contributed by atoms with E-state index in [4.69, 9.17) is 10.7 Å². The standard InChI is InChI=1S/C23H27N7O2S/c1-3-25-23(32)30-9-7-29(8-10-30)21(31)17-12-19(16-5-4-6-18(24)11-16)27-20(13-17)28-22-26-14-15(2)33-22/h4-6,11-14H,3,7-10,24H2,1-2H3,(H,25,32)(H,26,27,28). The van der Waals surface area contributed by atoms with Gasteiger partial charge >= 0.3 is 6.03 Å². The molecule has 1 saturated heterocycles. The van der Waals surface area contributed by atoms with E-state index in [1.165, 1.54) is 11.3 Å². The van der Waals surface area contributed by atoms with E-state index < -0.39 is 0 Å². The molecule has 0 saturated carbocycles. The van der Waals surface area contributed by atoms with Gasteiger partial charge in [0.1, 0.15) is 5.82 Å². The number of nitrogen functional groups attached to an aromatic ring is 1. The van der Waals surface area contributed by atoms with Crippen LogP contribution in [0.15, 0.2) is 42.6 Å². The van der Waals surface area contributed by atoms with Crippen molar-refractivity contribution < 1.29 is 9.59 Å². The Bertz CT molecular complexity index is 1160. The Morgan fingerprint density at radius 2 is 1.88 bits per heavy atom. The lowest BCUT2D eigenvalue weighted by Crippen LogP contribution is -2.53. The highest BCUT2D eigenvalue weighted by Crippen LogP contribution is 2.27. The number of urea groups is 1. The van der Waals surface area contributed by atoms with Crippen LogP contribution in [0.1, 0.15) is 22.2 Å². The number of piperazine rings is 1. The van der Waals surface area contributed by atoms with Crippen LogP contribution in [0, 0.1) is 6.92 Å². The van der Waals surface area contributed by atoms with Crippen LogP contribution in [-0.4, -0.2) is 64.4 Å². The minimum absolute atomic E-state index is 0.0947. The fraction of sp³-hybridized carbons (Fsp3) is 0.304. The number of nitrogens with zero attached hydrogens (tertiary/aromatic N) is 4. The third-order valence-electron chi connectivity index (χ3n) is 5.29. The Kier molecular flexibility index (Phi) is 6.74. The van der Waals surface area contributed by atoms with Crippen molar-refractivity contribution in [3.63, 3.8) is 0 Å². The van der Waals surface area contributed by atoms with Gasteiger partial charge in [0.25, 0.3) is 5.91 Å². The Morgan fingerprint density at radius 3 is 2.55 bits per heavy atom. The summed E-state index contributed by atoms with van der Waals surface area (Å²) in [5, 5.41) is 6.73. The number of anilines is 3. The molecule has 1 aliphatic rings. The smallest absolute Gasteiger partial charge is 0.317 e. The van der Waals surface area contributed by atoms with Crippen molar-refractivity contribution in [3.8, 4) is 11.3 Å². The number of benzene rings is 1. The largest absolute Gasteiger partial charge is 0.399 e. The van der Waals surface area contributed by atoms with E-state index in [1.807, 2.05) is 38.1 Å². The average Bonchev–Trinajstić information content (AvgIpc) is 3.23. The molecule has 3 amide bonds. The molecule has 0 unspecified atom stereocenters. The number of carbonyl (C=O) groups is 2. The molecule has 3 heterocycles. The van der Waals surface area contributed by atoms with E-state index in [2.05, 4.69) is 15.6 Å². The van der Waals surface area contributed by atoms with E-state index in [0.29, 0.717) is 60.6 Å². The average molecular weight is 466 g/mol. The SMILES string of the molecule is CCNC(=O)N1CCN(C(=O)c2cc(Nc3ncc(C)s3)nc(-c3cccc(N)c3)c2)CC1. The van der Waals surface area contributed by atoms with Gasteiger partial charge in [0, 0.05) is 60.6 Å². The topological polar surface area (TPSA) is 116 Å². The monoisotopic (exact) mass is 465 g/mol. The van der Waals surface area contributed by atoms with Crippen molar-refractivity contribution in [1.29, 1.82) is 0 Å². The van der Waals surface area contributed by atoms with E-state index >= 15 is 0 Å². The third-order valence-corrected chi connectivity index (χ3v) is 6.12. The van der Waals surface area contributed by atoms with Gasteiger partial charge in [-0.1, -0.05) is 12.1 Å². The zero-order chi connectivity index (χ0) is 23.4. The Labute approximate surface area is 196 Å². The molecular formula is C23H27N7O2S. The number of hydrogen-bond acceptors (Lipinski definition) is 7. The lowest BCUT2D eigenvalue weighted by atomic mass is 10.1. The molecule has 172 valence electrons. The minimum atomic E-state index is -0.100. The third kappa shape index (κ3) is 5.40. The lowest BCUT2D eigenvalue weighted by Gasteiger charge is -2.34. The van der Waals surface area contributed by atoms with Crippen LogP contribution in [0.2, 0.25) is 0 Å². The summed E-state index contributed by atoms with van der Waals surface area (Å²) >= 11 is 1.51. The number of nitrogens with two attached hydrogens (primary N) is 1. The summed E-state index contributed by atoms with van der Waals surface area (Å²) in [5.74, 6) is 0.435. The number of aryl methyl sites for hydroxylation is 1. The molecular weight excluding hydrogens is 438 g/mol. The second kappa shape index (κ2) is 9.86. The van der Waals surface area contributed by atoms with Crippen LogP contribution >= 0.6 is 11.3 Å². The predicted octanol–water partition coefficient (Wildman–Crippen LogP) is 3.33. The minimum Gasteiger partial charge on any atom is -0.399 e. The number of amides is 3. The quantitative estimate of drug-likeness (QED) is 0.498. The van der Waals surface area contributed by atoms with Crippen LogP contribution in [0.25, 0.3) is 11.3 Å². The number of rotatable bonds is 5. The second-order valence-electron chi connectivity index (χ2n) is 7.77. The van der Waals surface area contributed by atoms with Crippen molar-refractivity contribution >= 4 is 39.9 Å². The molecule has 33 heavy (non-hydrogen) atoms. The van der Waals surface area contributed by atoms with Crippen molar-refractivity contribution in [3.05, 3.63) is 53.0 Å². The Balaban J connectivity index is 1.60. The van der Waals surface area contributed by atoms with Gasteiger partial charge < -0.3 is 26.2 Å². The highest BCUT2D eigenvalue weighted by atomic mass is 32.1. The molecule has 10 heteroatoms. The summed E-state index contributed by atoms with van der Waals surface area (Å²) in [6.45, 7) is 6.38. The molecule has 3 aromatic rings. The van der Waals surface area contributed by atoms with Crippen molar-refractivity contribution in [1.82, 2.24) is 25.1 Å². The fourth-order valence-corrected chi connectivity index (χ4v) is 4.32. The van der Waals surface area contributed by atoms with Gasteiger partial charge in [-0.2, -0.15) is 0 Å².